The van der Waals surface area contributed by atoms with Gasteiger partial charge in [-0.2, -0.15) is 0 Å². The van der Waals surface area contributed by atoms with Crippen LogP contribution in [0, 0.1) is 5.82 Å². The van der Waals surface area contributed by atoms with Crippen LogP contribution in [-0.2, 0) is 11.3 Å². The van der Waals surface area contributed by atoms with Crippen LogP contribution in [0.5, 0.6) is 0 Å². The molecule has 1 amide bonds. The summed E-state index contributed by atoms with van der Waals surface area (Å²) in [6, 6.07) is 5.11. The molecule has 0 bridgehead atoms. The minimum absolute atomic E-state index is 0.226. The third-order valence-corrected chi connectivity index (χ3v) is 4.04. The molecule has 1 saturated heterocycles. The zero-order valence-electron chi connectivity index (χ0n) is 11.5. The van der Waals surface area contributed by atoms with Crippen LogP contribution in [0.1, 0.15) is 12.5 Å². The molecule has 1 aliphatic heterocycles. The molecule has 0 radical (unpaired) electrons. The second-order valence-electron chi connectivity index (χ2n) is 4.86. The van der Waals surface area contributed by atoms with Crippen molar-refractivity contribution in [1.29, 1.82) is 0 Å². The summed E-state index contributed by atoms with van der Waals surface area (Å²) < 4.78 is 18.7. The molecule has 0 aliphatic carbocycles. The van der Waals surface area contributed by atoms with Gasteiger partial charge in [0, 0.05) is 5.56 Å². The fraction of sp³-hybridized carbons (Fsp3) is 0.500. The topological polar surface area (TPSA) is 34.0 Å². The minimum Gasteiger partial charge on any atom is -0.450 e. The molecule has 4 nitrogen and oxygen atoms in total. The van der Waals surface area contributed by atoms with Crippen LogP contribution in [0.4, 0.5) is 9.18 Å². The maximum atomic E-state index is 13.2. The van der Waals surface area contributed by atoms with Crippen molar-refractivity contribution >= 4 is 22.0 Å². The Morgan fingerprint density at radius 1 is 1.45 bits per heavy atom. The van der Waals surface area contributed by atoms with Crippen LogP contribution in [0.25, 0.3) is 0 Å². The third-order valence-electron chi connectivity index (χ3n) is 3.43. The van der Waals surface area contributed by atoms with Crippen LogP contribution in [-0.4, -0.2) is 43.8 Å². The average Bonchev–Trinajstić information content (AvgIpc) is 2.44. The largest absolute Gasteiger partial charge is 0.450 e. The second-order valence-corrected chi connectivity index (χ2v) is 5.72. The van der Waals surface area contributed by atoms with Crippen LogP contribution in [0.2, 0.25) is 0 Å². The van der Waals surface area contributed by atoms with Gasteiger partial charge in [0.2, 0.25) is 0 Å². The van der Waals surface area contributed by atoms with Crippen molar-refractivity contribution in [3.63, 3.8) is 0 Å². The molecule has 2 rings (SSSR count). The third kappa shape index (κ3) is 3.93. The van der Waals surface area contributed by atoms with E-state index in [4.69, 9.17) is 4.74 Å². The Kier molecular flexibility index (Phi) is 5.37. The van der Waals surface area contributed by atoms with Gasteiger partial charge >= 0.3 is 6.09 Å². The lowest BCUT2D eigenvalue weighted by molar-refractivity contribution is -0.917. The van der Waals surface area contributed by atoms with Crippen molar-refractivity contribution in [1.82, 2.24) is 4.90 Å². The van der Waals surface area contributed by atoms with E-state index >= 15 is 0 Å². The minimum atomic E-state index is -0.240. The summed E-state index contributed by atoms with van der Waals surface area (Å²) in [6.07, 6.45) is -0.226. The van der Waals surface area contributed by atoms with E-state index in [1.165, 1.54) is 11.0 Å². The van der Waals surface area contributed by atoms with Crippen molar-refractivity contribution in [2.24, 2.45) is 0 Å². The number of hydrogen-bond donors (Lipinski definition) is 1. The molecule has 1 fully saturated rings. The molecule has 20 heavy (non-hydrogen) atoms. The van der Waals surface area contributed by atoms with Gasteiger partial charge in [-0.3, -0.25) is 4.90 Å². The number of nitrogens with one attached hydrogen (secondary N) is 1. The number of quaternary nitrogens is 1. The van der Waals surface area contributed by atoms with Crippen LogP contribution in [0.15, 0.2) is 22.7 Å². The van der Waals surface area contributed by atoms with Crippen molar-refractivity contribution in [3.8, 4) is 0 Å². The highest BCUT2D eigenvalue weighted by atomic mass is 79.9. The Hall–Kier alpha value is -1.14. The van der Waals surface area contributed by atoms with Gasteiger partial charge in [0.25, 0.3) is 0 Å². The summed E-state index contributed by atoms with van der Waals surface area (Å²) in [5, 5.41) is 0. The first-order valence-electron chi connectivity index (χ1n) is 6.79. The number of amides is 1. The summed E-state index contributed by atoms with van der Waals surface area (Å²) in [4.78, 5) is 14.7. The number of nitrogens with zero attached hydrogens (tertiary/aromatic N) is 1. The van der Waals surface area contributed by atoms with E-state index in [1.54, 1.807) is 4.90 Å². The van der Waals surface area contributed by atoms with E-state index in [0.717, 1.165) is 25.2 Å². The molecular weight excluding hydrogens is 327 g/mol. The molecule has 0 unspecified atom stereocenters. The Balaban J connectivity index is 1.85. The van der Waals surface area contributed by atoms with Gasteiger partial charge in [-0.05, 0) is 35.0 Å². The molecule has 1 aromatic rings. The number of ether oxygens (including phenoxy) is 1. The van der Waals surface area contributed by atoms with Crippen molar-refractivity contribution in [3.05, 3.63) is 34.1 Å². The van der Waals surface area contributed by atoms with E-state index in [9.17, 15) is 9.18 Å². The molecule has 0 aromatic heterocycles. The fourth-order valence-electron chi connectivity index (χ4n) is 2.34. The first-order valence-corrected chi connectivity index (χ1v) is 7.58. The lowest BCUT2D eigenvalue weighted by Crippen LogP contribution is -3.13. The molecule has 0 atom stereocenters. The molecule has 0 saturated carbocycles. The number of piperazine rings is 1. The number of halogens is 2. The predicted molar refractivity (Wildman–Crippen MR) is 77.1 cm³/mol. The van der Waals surface area contributed by atoms with Crippen molar-refractivity contribution in [2.75, 3.05) is 32.8 Å². The van der Waals surface area contributed by atoms with Gasteiger partial charge in [0.15, 0.2) is 0 Å². The maximum Gasteiger partial charge on any atom is 0.410 e. The molecule has 6 heteroatoms. The number of hydrogen-bond acceptors (Lipinski definition) is 2. The van der Waals surface area contributed by atoms with Gasteiger partial charge in [0.1, 0.15) is 12.4 Å². The summed E-state index contributed by atoms with van der Waals surface area (Å²) in [7, 11) is 0. The van der Waals surface area contributed by atoms with Gasteiger partial charge in [-0.15, -0.1) is 0 Å². The molecule has 0 spiro atoms. The number of benzene rings is 1. The molecule has 110 valence electrons. The fourth-order valence-corrected chi connectivity index (χ4v) is 2.76. The summed E-state index contributed by atoms with van der Waals surface area (Å²) in [5.74, 6) is -0.240. The quantitative estimate of drug-likeness (QED) is 0.899. The monoisotopic (exact) mass is 345 g/mol. The first-order chi connectivity index (χ1) is 9.60. The van der Waals surface area contributed by atoms with Gasteiger partial charge in [-0.25, -0.2) is 9.18 Å². The molecule has 1 aliphatic rings. The van der Waals surface area contributed by atoms with E-state index in [-0.39, 0.29) is 11.9 Å². The normalized spacial score (nSPS) is 16.2. The first kappa shape index (κ1) is 15.3. The maximum absolute atomic E-state index is 13.2. The van der Waals surface area contributed by atoms with Crippen LogP contribution < -0.4 is 4.90 Å². The standard InChI is InChI=1S/C14H18BrFN2O2/c1-2-20-14(19)18-7-5-17(6-8-18)10-11-3-4-13(16)12(15)9-11/h3-4,9H,2,5-8,10H2,1H3/p+1. The number of carbonyl (C=O) groups excluding carboxylic acids is 1. The highest BCUT2D eigenvalue weighted by molar-refractivity contribution is 9.10. The summed E-state index contributed by atoms with van der Waals surface area (Å²) in [6.45, 7) is 6.24. The number of rotatable bonds is 3. The van der Waals surface area contributed by atoms with E-state index in [2.05, 4.69) is 15.9 Å². The smallest absolute Gasteiger partial charge is 0.410 e. The molecule has 1 N–H and O–H groups in total. The van der Waals surface area contributed by atoms with Crippen LogP contribution >= 0.6 is 15.9 Å². The van der Waals surface area contributed by atoms with E-state index < -0.39 is 0 Å². The zero-order chi connectivity index (χ0) is 14.5. The Morgan fingerprint density at radius 3 is 2.75 bits per heavy atom. The van der Waals surface area contributed by atoms with Gasteiger partial charge in [-0.1, -0.05) is 6.07 Å². The summed E-state index contributed by atoms with van der Waals surface area (Å²) >= 11 is 3.20. The van der Waals surface area contributed by atoms with Crippen LogP contribution in [0.3, 0.4) is 0 Å². The Morgan fingerprint density at radius 2 is 2.15 bits per heavy atom. The molecule has 1 heterocycles. The van der Waals surface area contributed by atoms with Gasteiger partial charge in [0.05, 0.1) is 37.3 Å². The highest BCUT2D eigenvalue weighted by Crippen LogP contribution is 2.16. The molecular formula is C14H19BrFN2O2+. The lowest BCUT2D eigenvalue weighted by atomic mass is 10.2. The second kappa shape index (κ2) is 7.04. The Bertz CT molecular complexity index is 476. The van der Waals surface area contributed by atoms with Crippen molar-refractivity contribution in [2.45, 2.75) is 13.5 Å². The zero-order valence-corrected chi connectivity index (χ0v) is 13.1. The average molecular weight is 346 g/mol. The SMILES string of the molecule is CCOC(=O)N1CC[NH+](Cc2ccc(F)c(Br)c2)CC1. The van der Waals surface area contributed by atoms with E-state index in [1.807, 2.05) is 19.1 Å². The summed E-state index contributed by atoms with van der Waals surface area (Å²) in [5.41, 5.74) is 1.10. The predicted octanol–water partition coefficient (Wildman–Crippen LogP) is 1.45. The van der Waals surface area contributed by atoms with Gasteiger partial charge < -0.3 is 9.64 Å². The Labute approximate surface area is 126 Å². The van der Waals surface area contributed by atoms with E-state index in [0.29, 0.717) is 24.2 Å². The number of carbonyl (C=O) groups is 1. The molecule has 1 aromatic carbocycles. The lowest BCUT2D eigenvalue weighted by Gasteiger charge is -2.31. The van der Waals surface area contributed by atoms with Crippen molar-refractivity contribution < 1.29 is 18.8 Å². The highest BCUT2D eigenvalue weighted by Gasteiger charge is 2.24.